The number of nitrogens with one attached hydrogen (secondary N) is 1. The van der Waals surface area contributed by atoms with Gasteiger partial charge in [-0.1, -0.05) is 4.49 Å². The van der Waals surface area contributed by atoms with E-state index < -0.39 is 17.4 Å². The highest BCUT2D eigenvalue weighted by Gasteiger charge is 2.47. The normalized spacial score (nSPS) is 27.9. The second kappa shape index (κ2) is 4.38. The molecule has 1 aromatic heterocycles. The van der Waals surface area contributed by atoms with E-state index >= 15 is 0 Å². The molecule has 0 radical (unpaired) electrons. The van der Waals surface area contributed by atoms with Crippen LogP contribution in [0.4, 0.5) is 0 Å². The van der Waals surface area contributed by atoms with Gasteiger partial charge in [0, 0.05) is 0 Å². The van der Waals surface area contributed by atoms with Crippen molar-refractivity contribution in [1.29, 1.82) is 0 Å². The molecule has 2 unspecified atom stereocenters. The molecule has 1 fully saturated rings. The molecule has 0 saturated carbocycles. The number of amides is 1. The van der Waals surface area contributed by atoms with Gasteiger partial charge >= 0.3 is 5.97 Å². The topological polar surface area (TPSA) is 101 Å². The fourth-order valence-corrected chi connectivity index (χ4v) is 2.00. The lowest BCUT2D eigenvalue weighted by Crippen LogP contribution is -2.49. The number of carbonyl (C=O) groups is 2. The minimum absolute atomic E-state index is 0.0915. The first-order valence-corrected chi connectivity index (χ1v) is 5.71. The second-order valence-electron chi connectivity index (χ2n) is 4.05. The summed E-state index contributed by atoms with van der Waals surface area (Å²) < 4.78 is 8.70. The van der Waals surface area contributed by atoms with E-state index in [0.29, 0.717) is 4.88 Å². The minimum Gasteiger partial charge on any atom is -0.481 e. The Morgan fingerprint density at radius 1 is 1.71 bits per heavy atom. The lowest BCUT2D eigenvalue weighted by atomic mass is 9.85. The molecule has 7 nitrogen and oxygen atoms in total. The summed E-state index contributed by atoms with van der Waals surface area (Å²) in [5.41, 5.74) is -1.09. The van der Waals surface area contributed by atoms with E-state index in [-0.39, 0.29) is 19.1 Å². The van der Waals surface area contributed by atoms with E-state index in [9.17, 15) is 9.59 Å². The van der Waals surface area contributed by atoms with Gasteiger partial charge in [-0.05, 0) is 18.5 Å². The standard InChI is InChI=1S/C9H11N3O4S/c1-9(8(14)15)4-16-3-6(9)11-7(13)5-2-10-12-17-5/h2,6H,3-4H2,1H3,(H,11,13)(H,14,15). The molecule has 8 heteroatoms. The predicted molar refractivity (Wildman–Crippen MR) is 57.7 cm³/mol. The zero-order valence-electron chi connectivity index (χ0n) is 9.04. The zero-order valence-corrected chi connectivity index (χ0v) is 9.86. The summed E-state index contributed by atoms with van der Waals surface area (Å²) in [4.78, 5) is 23.2. The summed E-state index contributed by atoms with van der Waals surface area (Å²) in [5, 5.41) is 15.3. The van der Waals surface area contributed by atoms with Gasteiger partial charge in [-0.3, -0.25) is 9.59 Å². The number of hydrogen-bond donors (Lipinski definition) is 2. The van der Waals surface area contributed by atoms with E-state index in [2.05, 4.69) is 14.9 Å². The maximum Gasteiger partial charge on any atom is 0.313 e. The monoisotopic (exact) mass is 257 g/mol. The molecule has 2 atom stereocenters. The average molecular weight is 257 g/mol. The van der Waals surface area contributed by atoms with Crippen LogP contribution in [-0.2, 0) is 9.53 Å². The third kappa shape index (κ3) is 2.13. The lowest BCUT2D eigenvalue weighted by molar-refractivity contribution is -0.148. The van der Waals surface area contributed by atoms with Crippen LogP contribution in [0.3, 0.4) is 0 Å². The smallest absolute Gasteiger partial charge is 0.313 e. The molecule has 1 aromatic rings. The quantitative estimate of drug-likeness (QED) is 0.774. The van der Waals surface area contributed by atoms with Crippen LogP contribution in [0.5, 0.6) is 0 Å². The Kier molecular flexibility index (Phi) is 3.07. The predicted octanol–water partition coefficient (Wildman–Crippen LogP) is -0.242. The van der Waals surface area contributed by atoms with E-state index in [1.54, 1.807) is 6.92 Å². The van der Waals surface area contributed by atoms with Crippen LogP contribution in [0.1, 0.15) is 16.6 Å². The molecule has 92 valence electrons. The largest absolute Gasteiger partial charge is 0.481 e. The molecular weight excluding hydrogens is 246 g/mol. The molecule has 2 N–H and O–H groups in total. The highest BCUT2D eigenvalue weighted by Crippen LogP contribution is 2.28. The number of aliphatic carboxylic acids is 1. The molecule has 1 aliphatic heterocycles. The van der Waals surface area contributed by atoms with Crippen LogP contribution in [0.15, 0.2) is 6.20 Å². The van der Waals surface area contributed by atoms with Crippen LogP contribution in [0, 0.1) is 5.41 Å². The first-order chi connectivity index (χ1) is 8.04. The molecule has 0 spiro atoms. The van der Waals surface area contributed by atoms with E-state index in [1.165, 1.54) is 6.20 Å². The van der Waals surface area contributed by atoms with Crippen molar-refractivity contribution in [3.8, 4) is 0 Å². The Bertz CT molecular complexity index is 435. The second-order valence-corrected chi connectivity index (χ2v) is 4.83. The number of ether oxygens (including phenoxy) is 1. The number of aromatic nitrogens is 2. The van der Waals surface area contributed by atoms with Gasteiger partial charge in [-0.2, -0.15) is 0 Å². The van der Waals surface area contributed by atoms with Crippen molar-refractivity contribution in [1.82, 2.24) is 14.9 Å². The number of nitrogens with zero attached hydrogens (tertiary/aromatic N) is 2. The fraction of sp³-hybridized carbons (Fsp3) is 0.556. The highest BCUT2D eigenvalue weighted by molar-refractivity contribution is 7.07. The van der Waals surface area contributed by atoms with E-state index in [4.69, 9.17) is 9.84 Å². The number of carboxylic acids is 1. The van der Waals surface area contributed by atoms with Crippen LogP contribution < -0.4 is 5.32 Å². The van der Waals surface area contributed by atoms with Crippen molar-refractivity contribution in [2.24, 2.45) is 5.41 Å². The Morgan fingerprint density at radius 2 is 2.47 bits per heavy atom. The Balaban J connectivity index is 2.09. The molecule has 0 bridgehead atoms. The summed E-state index contributed by atoms with van der Waals surface area (Å²) in [5.74, 6) is -1.36. The van der Waals surface area contributed by atoms with Crippen molar-refractivity contribution in [3.05, 3.63) is 11.1 Å². The Labute approximate surface area is 101 Å². The van der Waals surface area contributed by atoms with Crippen molar-refractivity contribution in [2.45, 2.75) is 13.0 Å². The molecule has 0 aliphatic carbocycles. The van der Waals surface area contributed by atoms with Gasteiger partial charge in [0.1, 0.15) is 10.3 Å². The van der Waals surface area contributed by atoms with Gasteiger partial charge in [0.05, 0.1) is 25.5 Å². The third-order valence-corrected chi connectivity index (χ3v) is 3.50. The summed E-state index contributed by atoms with van der Waals surface area (Å²) in [7, 11) is 0. The average Bonchev–Trinajstić information content (AvgIpc) is 2.89. The molecule has 17 heavy (non-hydrogen) atoms. The van der Waals surface area contributed by atoms with Crippen molar-refractivity contribution in [2.75, 3.05) is 13.2 Å². The maximum atomic E-state index is 11.7. The van der Waals surface area contributed by atoms with E-state index in [0.717, 1.165) is 11.5 Å². The Morgan fingerprint density at radius 3 is 3.06 bits per heavy atom. The van der Waals surface area contributed by atoms with Gasteiger partial charge < -0.3 is 15.2 Å². The zero-order chi connectivity index (χ0) is 12.5. The summed E-state index contributed by atoms with van der Waals surface area (Å²) in [6, 6.07) is -0.547. The third-order valence-electron chi connectivity index (χ3n) is 2.83. The lowest BCUT2D eigenvalue weighted by Gasteiger charge is -2.24. The Hall–Kier alpha value is -1.54. The first-order valence-electron chi connectivity index (χ1n) is 4.93. The number of hydrogen-bond acceptors (Lipinski definition) is 6. The molecular formula is C9H11N3O4S. The number of rotatable bonds is 3. The van der Waals surface area contributed by atoms with Crippen LogP contribution in [0.2, 0.25) is 0 Å². The summed E-state index contributed by atoms with van der Waals surface area (Å²) >= 11 is 0.962. The SMILES string of the molecule is CC1(C(=O)O)COCC1NC(=O)c1cnns1. The minimum atomic E-state index is -1.09. The van der Waals surface area contributed by atoms with Gasteiger partial charge in [0.2, 0.25) is 0 Å². The first kappa shape index (κ1) is 11.9. The van der Waals surface area contributed by atoms with Crippen molar-refractivity contribution < 1.29 is 19.4 Å². The number of carboxylic acid groups (broad SMARTS) is 1. The molecule has 1 amide bonds. The molecule has 1 aliphatic rings. The summed E-state index contributed by atoms with van der Waals surface area (Å²) in [6.45, 7) is 1.84. The van der Waals surface area contributed by atoms with Gasteiger partial charge in [0.15, 0.2) is 0 Å². The van der Waals surface area contributed by atoms with Crippen molar-refractivity contribution >= 4 is 23.4 Å². The van der Waals surface area contributed by atoms with Gasteiger partial charge in [0.25, 0.3) is 5.91 Å². The summed E-state index contributed by atoms with van der Waals surface area (Å²) in [6.07, 6.45) is 1.34. The van der Waals surface area contributed by atoms with Crippen LogP contribution in [-0.4, -0.2) is 45.8 Å². The molecule has 1 saturated heterocycles. The van der Waals surface area contributed by atoms with Gasteiger partial charge in [-0.25, -0.2) is 0 Å². The highest BCUT2D eigenvalue weighted by atomic mass is 32.1. The van der Waals surface area contributed by atoms with Crippen LogP contribution >= 0.6 is 11.5 Å². The number of carbonyl (C=O) groups excluding carboxylic acids is 1. The molecule has 0 aromatic carbocycles. The molecule has 2 rings (SSSR count). The van der Waals surface area contributed by atoms with Crippen molar-refractivity contribution in [3.63, 3.8) is 0 Å². The van der Waals surface area contributed by atoms with E-state index in [1.807, 2.05) is 0 Å². The maximum absolute atomic E-state index is 11.7. The van der Waals surface area contributed by atoms with Crippen LogP contribution in [0.25, 0.3) is 0 Å². The van der Waals surface area contributed by atoms with Gasteiger partial charge in [-0.15, -0.1) is 5.10 Å². The molecule has 2 heterocycles. The fourth-order valence-electron chi connectivity index (χ4n) is 1.58.